The van der Waals surface area contributed by atoms with Crippen molar-refractivity contribution < 1.29 is 9.59 Å². The molecule has 6 nitrogen and oxygen atoms in total. The molecule has 3 aliphatic rings. The van der Waals surface area contributed by atoms with Crippen molar-refractivity contribution >= 4 is 47.2 Å². The molecule has 0 atom stereocenters. The summed E-state index contributed by atoms with van der Waals surface area (Å²) in [6, 6.07) is 15.3. The monoisotopic (exact) mass is 660 g/mol. The molecule has 0 N–H and O–H groups in total. The fourth-order valence-corrected chi connectivity index (χ4v) is 7.09. The Hall–Kier alpha value is -3.16. The van der Waals surface area contributed by atoms with E-state index in [0.29, 0.717) is 10.0 Å². The lowest BCUT2D eigenvalue weighted by Crippen LogP contribution is -2.56. The first kappa shape index (κ1) is 34.2. The Morgan fingerprint density at radius 1 is 0.565 bits per heavy atom. The van der Waals surface area contributed by atoms with E-state index in [1.54, 1.807) is 12.2 Å². The first-order valence-electron chi connectivity index (χ1n) is 16.6. The van der Waals surface area contributed by atoms with Crippen LogP contribution >= 0.6 is 23.2 Å². The largest absolute Gasteiger partial charge is 0.337 e. The highest BCUT2D eigenvalue weighted by Gasteiger charge is 2.37. The van der Waals surface area contributed by atoms with E-state index >= 15 is 0 Å². The maximum absolute atomic E-state index is 12.8. The van der Waals surface area contributed by atoms with Gasteiger partial charge in [0.05, 0.1) is 0 Å². The van der Waals surface area contributed by atoms with Crippen LogP contribution in [-0.4, -0.2) is 96.9 Å². The smallest absolute Gasteiger partial charge is 0.246 e. The maximum atomic E-state index is 12.8. The molecule has 0 aromatic heterocycles. The predicted molar refractivity (Wildman–Crippen MR) is 191 cm³/mol. The zero-order chi connectivity index (χ0) is 32.2. The van der Waals surface area contributed by atoms with Crippen molar-refractivity contribution in [2.75, 3.05) is 65.4 Å². The van der Waals surface area contributed by atoms with Crippen molar-refractivity contribution in [3.63, 3.8) is 0 Å². The molecule has 8 heteroatoms. The van der Waals surface area contributed by atoms with E-state index in [9.17, 15) is 9.59 Å². The Morgan fingerprint density at radius 2 is 0.957 bits per heavy atom. The van der Waals surface area contributed by atoms with Crippen molar-refractivity contribution in [1.82, 2.24) is 19.6 Å². The van der Waals surface area contributed by atoms with Gasteiger partial charge >= 0.3 is 0 Å². The molecule has 2 aliphatic heterocycles. The second kappa shape index (κ2) is 17.1. The Labute approximate surface area is 284 Å². The van der Waals surface area contributed by atoms with E-state index in [4.69, 9.17) is 23.2 Å². The molecule has 1 saturated carbocycles. The third-order valence-electron chi connectivity index (χ3n) is 9.42. The number of benzene rings is 2. The number of hydrogen-bond acceptors (Lipinski definition) is 4. The highest BCUT2D eigenvalue weighted by Crippen LogP contribution is 2.38. The predicted octanol–water partition coefficient (Wildman–Crippen LogP) is 7.07. The van der Waals surface area contributed by atoms with Gasteiger partial charge < -0.3 is 9.80 Å². The van der Waals surface area contributed by atoms with Gasteiger partial charge in [0, 0.05) is 87.6 Å². The topological polar surface area (TPSA) is 47.1 Å². The summed E-state index contributed by atoms with van der Waals surface area (Å²) in [7, 11) is 0. The zero-order valence-electron chi connectivity index (χ0n) is 26.7. The minimum Gasteiger partial charge on any atom is -0.337 e. The van der Waals surface area contributed by atoms with Gasteiger partial charge in [0.2, 0.25) is 11.8 Å². The number of halogens is 2. The molecule has 0 radical (unpaired) electrons. The third kappa shape index (κ3) is 10.4. The minimum absolute atomic E-state index is 0.0765. The maximum Gasteiger partial charge on any atom is 0.246 e. The molecule has 0 bridgehead atoms. The molecule has 2 saturated heterocycles. The number of carbonyl (C=O) groups is 2. The first-order valence-corrected chi connectivity index (χ1v) is 17.4. The summed E-state index contributed by atoms with van der Waals surface area (Å²) < 4.78 is 0. The van der Waals surface area contributed by atoms with Gasteiger partial charge in [-0.1, -0.05) is 103 Å². The lowest BCUT2D eigenvalue weighted by Gasteiger charge is -2.47. The van der Waals surface area contributed by atoms with E-state index in [1.807, 2.05) is 94.8 Å². The average Bonchev–Trinajstić information content (AvgIpc) is 3.07. The highest BCUT2D eigenvalue weighted by atomic mass is 35.5. The number of rotatable bonds is 10. The molecule has 0 unspecified atom stereocenters. The van der Waals surface area contributed by atoms with Crippen molar-refractivity contribution in [3.8, 4) is 0 Å². The summed E-state index contributed by atoms with van der Waals surface area (Å²) in [6.45, 7) is 8.94. The molecule has 3 fully saturated rings. The van der Waals surface area contributed by atoms with Gasteiger partial charge in [-0.25, -0.2) is 0 Å². The first-order chi connectivity index (χ1) is 22.4. The molecular formula is C38H46Cl2N4O2. The number of allylic oxidation sites excluding steroid dienone is 4. The van der Waals surface area contributed by atoms with Crippen molar-refractivity contribution in [3.05, 3.63) is 106 Å². The molecule has 1 aliphatic carbocycles. The SMILES string of the molecule is O=C(/C=C/C=C/c1ccc(Cl)cc1)N1CCN(CC2(CN3CCN(C(=O)/C=C/C=C/c4ccc(Cl)cc4)CC3)CCCCC2)CC1. The van der Waals surface area contributed by atoms with Crippen molar-refractivity contribution in [2.45, 2.75) is 32.1 Å². The summed E-state index contributed by atoms with van der Waals surface area (Å²) in [5, 5.41) is 1.43. The average molecular weight is 662 g/mol. The van der Waals surface area contributed by atoms with Crippen LogP contribution in [0, 0.1) is 5.41 Å². The molecule has 2 amide bonds. The third-order valence-corrected chi connectivity index (χ3v) is 9.92. The standard InChI is InChI=1S/C38H46Cl2N4O2/c39-34-16-12-32(13-17-34)8-2-4-10-36(45)43-26-22-41(23-27-43)30-38(20-6-1-7-21-38)31-42-24-28-44(29-25-42)37(46)11-5-3-9-33-14-18-35(40)19-15-33/h2-5,8-19H,1,6-7,20-31H2/b8-2+,9-3+,10-4+,11-5+. The molecule has 2 aromatic carbocycles. The highest BCUT2D eigenvalue weighted by molar-refractivity contribution is 6.30. The second-order valence-electron chi connectivity index (χ2n) is 12.8. The van der Waals surface area contributed by atoms with Gasteiger partial charge in [-0.3, -0.25) is 19.4 Å². The molecular weight excluding hydrogens is 615 g/mol. The summed E-state index contributed by atoms with van der Waals surface area (Å²) in [4.78, 5) is 34.7. The number of piperazine rings is 2. The second-order valence-corrected chi connectivity index (χ2v) is 13.7. The number of nitrogens with zero attached hydrogens (tertiary/aromatic N) is 4. The number of amides is 2. The summed E-state index contributed by atoms with van der Waals surface area (Å²) >= 11 is 11.9. The van der Waals surface area contributed by atoms with Crippen molar-refractivity contribution in [1.29, 1.82) is 0 Å². The van der Waals surface area contributed by atoms with Gasteiger partial charge in [0.1, 0.15) is 0 Å². The molecule has 5 rings (SSSR count). The summed E-state index contributed by atoms with van der Waals surface area (Å²) in [5.74, 6) is 0.153. The Morgan fingerprint density at radius 3 is 1.35 bits per heavy atom. The molecule has 244 valence electrons. The van der Waals surface area contributed by atoms with Gasteiger partial charge in [-0.15, -0.1) is 0 Å². The van der Waals surface area contributed by atoms with Crippen molar-refractivity contribution in [2.24, 2.45) is 5.41 Å². The van der Waals surface area contributed by atoms with Crippen LogP contribution in [0.3, 0.4) is 0 Å². The number of carbonyl (C=O) groups excluding carboxylic acids is 2. The van der Waals surface area contributed by atoms with Crippen LogP contribution in [0.25, 0.3) is 12.2 Å². The fraction of sp³-hybridized carbons (Fsp3) is 0.421. The summed E-state index contributed by atoms with van der Waals surface area (Å²) in [5.41, 5.74) is 2.39. The molecule has 0 spiro atoms. The van der Waals surface area contributed by atoms with Gasteiger partial charge in [0.15, 0.2) is 0 Å². The Bertz CT molecular complexity index is 1290. The Balaban J connectivity index is 1.05. The van der Waals surface area contributed by atoms with E-state index in [1.165, 1.54) is 32.1 Å². The van der Waals surface area contributed by atoms with Gasteiger partial charge in [-0.2, -0.15) is 0 Å². The van der Waals surface area contributed by atoms with Crippen LogP contribution in [-0.2, 0) is 9.59 Å². The summed E-state index contributed by atoms with van der Waals surface area (Å²) in [6.07, 6.45) is 21.2. The lowest BCUT2D eigenvalue weighted by molar-refractivity contribution is -0.128. The van der Waals surface area contributed by atoms with Crippen LogP contribution in [0.4, 0.5) is 0 Å². The Kier molecular flexibility index (Phi) is 12.7. The minimum atomic E-state index is 0.0765. The van der Waals surface area contributed by atoms with Gasteiger partial charge in [-0.05, 0) is 53.6 Å². The van der Waals surface area contributed by atoms with Crippen LogP contribution in [0.1, 0.15) is 43.2 Å². The molecule has 46 heavy (non-hydrogen) atoms. The van der Waals surface area contributed by atoms with E-state index < -0.39 is 0 Å². The zero-order valence-corrected chi connectivity index (χ0v) is 28.2. The lowest BCUT2D eigenvalue weighted by atomic mass is 9.73. The normalized spacial score (nSPS) is 20.0. The van der Waals surface area contributed by atoms with Crippen LogP contribution < -0.4 is 0 Å². The number of hydrogen-bond donors (Lipinski definition) is 0. The molecule has 2 aromatic rings. The quantitative estimate of drug-likeness (QED) is 0.202. The van der Waals surface area contributed by atoms with E-state index in [-0.39, 0.29) is 17.2 Å². The van der Waals surface area contributed by atoms with Crippen LogP contribution in [0.5, 0.6) is 0 Å². The van der Waals surface area contributed by atoms with E-state index in [0.717, 1.165) is 76.6 Å². The van der Waals surface area contributed by atoms with Crippen LogP contribution in [0.2, 0.25) is 10.0 Å². The molecule has 2 heterocycles. The van der Waals surface area contributed by atoms with E-state index in [2.05, 4.69) is 9.80 Å². The van der Waals surface area contributed by atoms with Gasteiger partial charge in [0.25, 0.3) is 0 Å². The fourth-order valence-electron chi connectivity index (χ4n) is 6.84. The van der Waals surface area contributed by atoms with Crippen LogP contribution in [0.15, 0.2) is 85.0 Å².